The van der Waals surface area contributed by atoms with Crippen LogP contribution in [-0.2, 0) is 5.41 Å². The van der Waals surface area contributed by atoms with Crippen LogP contribution < -0.4 is 0 Å². The number of hydrogen-bond donors (Lipinski definition) is 0. The third-order valence-electron chi connectivity index (χ3n) is 5.91. The summed E-state index contributed by atoms with van der Waals surface area (Å²) in [4.78, 5) is 4.56. The van der Waals surface area contributed by atoms with E-state index in [0.29, 0.717) is 11.0 Å². The van der Waals surface area contributed by atoms with Gasteiger partial charge in [0.05, 0.1) is 26.7 Å². The van der Waals surface area contributed by atoms with Gasteiger partial charge in [-0.05, 0) is 46.0 Å². The molecule has 3 heterocycles. The third-order valence-corrected chi connectivity index (χ3v) is 7.12. The topological polar surface area (TPSA) is 26.0 Å². The maximum absolute atomic E-state index is 15.0. The number of halogens is 1. The highest BCUT2D eigenvalue weighted by molar-refractivity contribution is 7.27. The molecule has 2 nitrogen and oxygen atoms in total. The molecule has 0 spiro atoms. The number of hydrogen-bond acceptors (Lipinski definition) is 3. The average molecular weight is 426 g/mol. The Morgan fingerprint density at radius 2 is 1.65 bits per heavy atom. The SMILES string of the molecule is CC(C)(C)c1cc(-c2ncc(F)c3c2sc2c4ccccc4oc23)cc2ccccc12. The van der Waals surface area contributed by atoms with Crippen molar-refractivity contribution in [3.8, 4) is 11.3 Å². The first-order valence-electron chi connectivity index (χ1n) is 10.3. The summed E-state index contributed by atoms with van der Waals surface area (Å²) >= 11 is 1.56. The Hall–Kier alpha value is -3.24. The molecule has 0 unspecified atom stereocenters. The molecule has 6 rings (SSSR count). The van der Waals surface area contributed by atoms with E-state index < -0.39 is 0 Å². The van der Waals surface area contributed by atoms with Crippen LogP contribution in [0.1, 0.15) is 26.3 Å². The first-order chi connectivity index (χ1) is 14.9. The maximum Gasteiger partial charge on any atom is 0.157 e. The molecule has 3 aromatic heterocycles. The van der Waals surface area contributed by atoms with E-state index in [-0.39, 0.29) is 11.2 Å². The molecule has 0 saturated heterocycles. The summed E-state index contributed by atoms with van der Waals surface area (Å²) in [5.74, 6) is -0.346. The zero-order valence-corrected chi connectivity index (χ0v) is 18.3. The van der Waals surface area contributed by atoms with E-state index in [1.807, 2.05) is 24.3 Å². The molecule has 4 heteroatoms. The molecule has 0 atom stereocenters. The lowest BCUT2D eigenvalue weighted by atomic mass is 9.82. The minimum atomic E-state index is -0.346. The van der Waals surface area contributed by atoms with E-state index in [9.17, 15) is 4.39 Å². The van der Waals surface area contributed by atoms with E-state index in [4.69, 9.17) is 4.42 Å². The molecule has 0 aliphatic heterocycles. The van der Waals surface area contributed by atoms with Gasteiger partial charge in [0.15, 0.2) is 11.4 Å². The molecule has 0 bridgehead atoms. The van der Waals surface area contributed by atoms with Crippen molar-refractivity contribution < 1.29 is 8.81 Å². The Morgan fingerprint density at radius 1 is 0.903 bits per heavy atom. The quantitative estimate of drug-likeness (QED) is 0.264. The summed E-state index contributed by atoms with van der Waals surface area (Å²) in [6, 6.07) is 20.6. The van der Waals surface area contributed by atoms with Gasteiger partial charge >= 0.3 is 0 Å². The molecule has 152 valence electrons. The highest BCUT2D eigenvalue weighted by Gasteiger charge is 2.23. The van der Waals surface area contributed by atoms with Crippen LogP contribution in [0.3, 0.4) is 0 Å². The van der Waals surface area contributed by atoms with Crippen LogP contribution in [0.4, 0.5) is 4.39 Å². The van der Waals surface area contributed by atoms with Crippen molar-refractivity contribution in [1.82, 2.24) is 4.98 Å². The van der Waals surface area contributed by atoms with E-state index in [1.54, 1.807) is 11.3 Å². The van der Waals surface area contributed by atoms with Gasteiger partial charge in [-0.1, -0.05) is 57.2 Å². The number of nitrogens with zero attached hydrogens (tertiary/aromatic N) is 1. The number of benzene rings is 3. The molecule has 0 radical (unpaired) electrons. The Kier molecular flexibility index (Phi) is 3.81. The molecular formula is C27H20FNOS. The van der Waals surface area contributed by atoms with Crippen molar-refractivity contribution in [2.24, 2.45) is 0 Å². The summed E-state index contributed by atoms with van der Waals surface area (Å²) in [6.07, 6.45) is 1.32. The predicted molar refractivity (Wildman–Crippen MR) is 128 cm³/mol. The Bertz CT molecular complexity index is 1630. The van der Waals surface area contributed by atoms with Gasteiger partial charge in [-0.3, -0.25) is 4.98 Å². The van der Waals surface area contributed by atoms with Crippen LogP contribution in [0, 0.1) is 5.82 Å². The van der Waals surface area contributed by atoms with E-state index >= 15 is 0 Å². The lowest BCUT2D eigenvalue weighted by Crippen LogP contribution is -2.12. The number of pyridine rings is 1. The molecule has 0 saturated carbocycles. The number of furan rings is 1. The van der Waals surface area contributed by atoms with Gasteiger partial charge in [-0.2, -0.15) is 0 Å². The largest absolute Gasteiger partial charge is 0.454 e. The predicted octanol–water partition coefficient (Wildman–Crippen LogP) is 8.45. The monoisotopic (exact) mass is 425 g/mol. The number of fused-ring (bicyclic) bond motifs is 6. The summed E-state index contributed by atoms with van der Waals surface area (Å²) in [5, 5.41) is 3.93. The fraction of sp³-hybridized carbons (Fsp3) is 0.148. The molecule has 0 amide bonds. The first-order valence-corrected chi connectivity index (χ1v) is 11.2. The van der Waals surface area contributed by atoms with Gasteiger partial charge in [0.25, 0.3) is 0 Å². The lowest BCUT2D eigenvalue weighted by molar-refractivity contribution is 0.596. The molecule has 0 aliphatic carbocycles. The standard InChI is InChI=1S/C27H20FNOS/c1-27(2,3)19-13-16(12-15-8-4-5-9-17(15)19)23-26-22(20(28)14-29-23)24-25(31-26)18-10-6-7-11-21(18)30-24/h4-14H,1-3H3. The summed E-state index contributed by atoms with van der Waals surface area (Å²) in [6.45, 7) is 6.66. The maximum atomic E-state index is 15.0. The Labute approximate surface area is 182 Å². The van der Waals surface area contributed by atoms with Crippen molar-refractivity contribution in [2.75, 3.05) is 0 Å². The van der Waals surface area contributed by atoms with Gasteiger partial charge < -0.3 is 4.42 Å². The minimum absolute atomic E-state index is 0.0337. The number of para-hydroxylation sites is 1. The number of thiophene rings is 1. The van der Waals surface area contributed by atoms with Gasteiger partial charge in [0.1, 0.15) is 5.58 Å². The van der Waals surface area contributed by atoms with Gasteiger partial charge in [-0.15, -0.1) is 11.3 Å². The van der Waals surface area contributed by atoms with Crippen molar-refractivity contribution in [2.45, 2.75) is 26.2 Å². The number of aromatic nitrogens is 1. The van der Waals surface area contributed by atoms with E-state index in [2.05, 4.69) is 62.2 Å². The van der Waals surface area contributed by atoms with Gasteiger partial charge in [0.2, 0.25) is 0 Å². The molecule has 3 aromatic carbocycles. The van der Waals surface area contributed by atoms with Crippen LogP contribution in [0.2, 0.25) is 0 Å². The highest BCUT2D eigenvalue weighted by atomic mass is 32.1. The van der Waals surface area contributed by atoms with Crippen LogP contribution in [0.5, 0.6) is 0 Å². The van der Waals surface area contributed by atoms with Crippen LogP contribution >= 0.6 is 11.3 Å². The highest BCUT2D eigenvalue weighted by Crippen LogP contribution is 2.45. The summed E-state index contributed by atoms with van der Waals surface area (Å²) in [5.41, 5.74) is 4.41. The fourth-order valence-electron chi connectivity index (χ4n) is 4.45. The third kappa shape index (κ3) is 2.71. The second kappa shape index (κ2) is 6.38. The molecular weight excluding hydrogens is 405 g/mol. The Balaban J connectivity index is 1.71. The second-order valence-electron chi connectivity index (χ2n) is 9.01. The normalized spacial score (nSPS) is 12.5. The van der Waals surface area contributed by atoms with Crippen molar-refractivity contribution in [1.29, 1.82) is 0 Å². The molecule has 31 heavy (non-hydrogen) atoms. The summed E-state index contributed by atoms with van der Waals surface area (Å²) in [7, 11) is 0. The van der Waals surface area contributed by atoms with Gasteiger partial charge in [-0.25, -0.2) is 4.39 Å². The van der Waals surface area contributed by atoms with Crippen LogP contribution in [0.15, 0.2) is 71.3 Å². The lowest BCUT2D eigenvalue weighted by Gasteiger charge is -2.22. The minimum Gasteiger partial charge on any atom is -0.454 e. The first kappa shape index (κ1) is 18.5. The van der Waals surface area contributed by atoms with E-state index in [1.165, 1.54) is 17.1 Å². The van der Waals surface area contributed by atoms with Crippen LogP contribution in [0.25, 0.3) is 53.4 Å². The Morgan fingerprint density at radius 3 is 2.45 bits per heavy atom. The smallest absolute Gasteiger partial charge is 0.157 e. The molecule has 0 fully saturated rings. The van der Waals surface area contributed by atoms with Crippen molar-refractivity contribution >= 4 is 53.4 Å². The average Bonchev–Trinajstić information content (AvgIpc) is 3.29. The zero-order chi connectivity index (χ0) is 21.3. The number of rotatable bonds is 1. The second-order valence-corrected chi connectivity index (χ2v) is 10.0. The zero-order valence-electron chi connectivity index (χ0n) is 17.5. The molecule has 0 N–H and O–H groups in total. The van der Waals surface area contributed by atoms with Crippen molar-refractivity contribution in [3.63, 3.8) is 0 Å². The fourth-order valence-corrected chi connectivity index (χ4v) is 5.72. The van der Waals surface area contributed by atoms with Crippen LogP contribution in [-0.4, -0.2) is 4.98 Å². The van der Waals surface area contributed by atoms with Gasteiger partial charge in [0, 0.05) is 10.9 Å². The summed E-state index contributed by atoms with van der Waals surface area (Å²) < 4.78 is 22.8. The molecule has 6 aromatic rings. The van der Waals surface area contributed by atoms with Crippen molar-refractivity contribution in [3.05, 3.63) is 78.2 Å². The van der Waals surface area contributed by atoms with E-state index in [0.717, 1.165) is 37.0 Å². The molecule has 0 aliphatic rings.